The summed E-state index contributed by atoms with van der Waals surface area (Å²) >= 11 is 0. The Morgan fingerprint density at radius 3 is 2.55 bits per heavy atom. The Morgan fingerprint density at radius 1 is 1.36 bits per heavy atom. The van der Waals surface area contributed by atoms with E-state index in [2.05, 4.69) is 21.4 Å². The van der Waals surface area contributed by atoms with Gasteiger partial charge in [0, 0.05) is 7.11 Å². The maximum Gasteiger partial charge on any atom is 0.0719 e. The lowest BCUT2D eigenvalue weighted by molar-refractivity contribution is 0.185. The molecule has 0 aliphatic rings. The number of methoxy groups -OCH3 is 1. The number of hydrogen-bond acceptors (Lipinski definition) is 1. The minimum Gasteiger partial charge on any atom is -0.380 e. The van der Waals surface area contributed by atoms with Crippen LogP contribution in [0, 0.1) is 0 Å². The maximum absolute atomic E-state index is 5.00. The maximum atomic E-state index is 5.00. The minimum absolute atomic E-state index is 0. The van der Waals surface area contributed by atoms with Crippen molar-refractivity contribution in [2.45, 2.75) is 6.61 Å². The summed E-state index contributed by atoms with van der Waals surface area (Å²) in [4.78, 5) is 0. The molecule has 0 N–H and O–H groups in total. The van der Waals surface area contributed by atoms with Gasteiger partial charge >= 0.3 is 0 Å². The molecule has 0 heterocycles. The molecule has 0 aromatic heterocycles. The van der Waals surface area contributed by atoms with Crippen LogP contribution in [0.4, 0.5) is 0 Å². The summed E-state index contributed by atoms with van der Waals surface area (Å²) in [6.07, 6.45) is 0. The molecule has 0 amide bonds. The van der Waals surface area contributed by atoms with Crippen LogP contribution in [-0.4, -0.2) is 7.11 Å². The Labute approximate surface area is 75.8 Å². The summed E-state index contributed by atoms with van der Waals surface area (Å²) < 4.78 is 5.00. The predicted octanol–water partition coefficient (Wildman–Crippen LogP) is 1.76. The molecular formula is C8H12ClOP. The molecule has 3 heteroatoms. The molecular weight excluding hydrogens is 179 g/mol. The fourth-order valence-corrected chi connectivity index (χ4v) is 1.11. The van der Waals surface area contributed by atoms with Gasteiger partial charge in [-0.05, 0) is 10.9 Å². The number of halogens is 1. The smallest absolute Gasteiger partial charge is 0.0719 e. The lowest BCUT2D eigenvalue weighted by Crippen LogP contribution is -2.01. The third kappa shape index (κ3) is 3.20. The average Bonchev–Trinajstić information content (AvgIpc) is 1.94. The highest BCUT2D eigenvalue weighted by molar-refractivity contribution is 7.27. The Hall–Kier alpha value is -0.100. The van der Waals surface area contributed by atoms with Crippen LogP contribution in [0.3, 0.4) is 0 Å². The van der Waals surface area contributed by atoms with Gasteiger partial charge in [0.25, 0.3) is 0 Å². The number of benzene rings is 1. The summed E-state index contributed by atoms with van der Waals surface area (Å²) in [5, 5.41) is 1.21. The highest BCUT2D eigenvalue weighted by atomic mass is 35.5. The quantitative estimate of drug-likeness (QED) is 0.646. The standard InChI is InChI=1S/C8H11OP.ClH/c1-9-6-7-4-2-3-5-8(7)10;/h2-5H,6,10H2,1H3;1H. The van der Waals surface area contributed by atoms with Crippen molar-refractivity contribution >= 4 is 27.0 Å². The Balaban J connectivity index is 0.000001000. The van der Waals surface area contributed by atoms with E-state index in [-0.39, 0.29) is 12.4 Å². The largest absolute Gasteiger partial charge is 0.380 e. The molecule has 0 saturated heterocycles. The summed E-state index contributed by atoms with van der Waals surface area (Å²) in [6.45, 7) is 0.694. The fraction of sp³-hybridized carbons (Fsp3) is 0.250. The highest BCUT2D eigenvalue weighted by Crippen LogP contribution is 2.00. The first-order valence-corrected chi connectivity index (χ1v) is 3.74. The third-order valence-corrected chi connectivity index (χ3v) is 1.92. The van der Waals surface area contributed by atoms with Crippen LogP contribution < -0.4 is 5.30 Å². The zero-order chi connectivity index (χ0) is 7.40. The van der Waals surface area contributed by atoms with Gasteiger partial charge in [0.05, 0.1) is 6.61 Å². The lowest BCUT2D eigenvalue weighted by atomic mass is 10.2. The first kappa shape index (κ1) is 10.9. The van der Waals surface area contributed by atoms with Crippen molar-refractivity contribution in [2.24, 2.45) is 0 Å². The van der Waals surface area contributed by atoms with Crippen LogP contribution in [0.5, 0.6) is 0 Å². The van der Waals surface area contributed by atoms with Crippen molar-refractivity contribution in [3.63, 3.8) is 0 Å². The minimum atomic E-state index is 0. The molecule has 1 nitrogen and oxygen atoms in total. The SMILES string of the molecule is COCc1ccccc1P.Cl. The van der Waals surface area contributed by atoms with Crippen molar-refractivity contribution in [2.75, 3.05) is 7.11 Å². The topological polar surface area (TPSA) is 9.23 Å². The van der Waals surface area contributed by atoms with Gasteiger partial charge in [-0.15, -0.1) is 21.6 Å². The summed E-state index contributed by atoms with van der Waals surface area (Å²) in [6, 6.07) is 8.15. The molecule has 62 valence electrons. The lowest BCUT2D eigenvalue weighted by Gasteiger charge is -2.01. The van der Waals surface area contributed by atoms with E-state index in [4.69, 9.17) is 4.74 Å². The number of hydrogen-bond donors (Lipinski definition) is 0. The second-order valence-corrected chi connectivity index (χ2v) is 2.75. The Bertz CT molecular complexity index is 215. The van der Waals surface area contributed by atoms with Crippen LogP contribution in [0.25, 0.3) is 0 Å². The molecule has 1 rings (SSSR count). The van der Waals surface area contributed by atoms with E-state index in [0.717, 1.165) is 0 Å². The number of ether oxygens (including phenoxy) is 1. The van der Waals surface area contributed by atoms with Crippen molar-refractivity contribution in [3.8, 4) is 0 Å². The van der Waals surface area contributed by atoms with Crippen molar-refractivity contribution in [1.29, 1.82) is 0 Å². The van der Waals surface area contributed by atoms with Crippen LogP contribution in [0.1, 0.15) is 5.56 Å². The van der Waals surface area contributed by atoms with E-state index in [1.54, 1.807) is 7.11 Å². The summed E-state index contributed by atoms with van der Waals surface area (Å²) in [7, 11) is 4.39. The molecule has 0 spiro atoms. The van der Waals surface area contributed by atoms with E-state index < -0.39 is 0 Å². The van der Waals surface area contributed by atoms with E-state index >= 15 is 0 Å². The molecule has 0 radical (unpaired) electrons. The zero-order valence-corrected chi connectivity index (χ0v) is 8.38. The number of rotatable bonds is 2. The average molecular weight is 191 g/mol. The van der Waals surface area contributed by atoms with E-state index in [1.165, 1.54) is 10.9 Å². The zero-order valence-electron chi connectivity index (χ0n) is 6.41. The van der Waals surface area contributed by atoms with Gasteiger partial charge in [-0.2, -0.15) is 0 Å². The van der Waals surface area contributed by atoms with Gasteiger partial charge in [0.15, 0.2) is 0 Å². The van der Waals surface area contributed by atoms with Gasteiger partial charge < -0.3 is 4.74 Å². The molecule has 0 fully saturated rings. The van der Waals surface area contributed by atoms with Crippen molar-refractivity contribution in [1.82, 2.24) is 0 Å². The molecule has 11 heavy (non-hydrogen) atoms. The van der Waals surface area contributed by atoms with Crippen LogP contribution in [0.2, 0.25) is 0 Å². The normalized spacial score (nSPS) is 8.91. The van der Waals surface area contributed by atoms with Gasteiger partial charge in [-0.1, -0.05) is 24.3 Å². The third-order valence-electron chi connectivity index (χ3n) is 1.35. The van der Waals surface area contributed by atoms with E-state index in [9.17, 15) is 0 Å². The van der Waals surface area contributed by atoms with Crippen LogP contribution >= 0.6 is 21.6 Å². The summed E-state index contributed by atoms with van der Waals surface area (Å²) in [5.74, 6) is 0. The van der Waals surface area contributed by atoms with Crippen LogP contribution in [0.15, 0.2) is 24.3 Å². The van der Waals surface area contributed by atoms with Crippen LogP contribution in [-0.2, 0) is 11.3 Å². The molecule has 0 aliphatic carbocycles. The summed E-state index contributed by atoms with van der Waals surface area (Å²) in [5.41, 5.74) is 1.23. The predicted molar refractivity (Wildman–Crippen MR) is 53.7 cm³/mol. The highest BCUT2D eigenvalue weighted by Gasteiger charge is 1.93. The second-order valence-electron chi connectivity index (χ2n) is 2.13. The van der Waals surface area contributed by atoms with Gasteiger partial charge in [0.1, 0.15) is 0 Å². The first-order chi connectivity index (χ1) is 4.84. The molecule has 1 unspecified atom stereocenters. The molecule has 1 aromatic rings. The van der Waals surface area contributed by atoms with E-state index in [1.807, 2.05) is 12.1 Å². The Morgan fingerprint density at radius 2 is 2.00 bits per heavy atom. The van der Waals surface area contributed by atoms with Crippen molar-refractivity contribution in [3.05, 3.63) is 29.8 Å². The monoisotopic (exact) mass is 190 g/mol. The molecule has 0 aliphatic heterocycles. The first-order valence-electron chi connectivity index (χ1n) is 3.17. The van der Waals surface area contributed by atoms with Crippen molar-refractivity contribution < 1.29 is 4.74 Å². The fourth-order valence-electron chi connectivity index (χ4n) is 0.821. The Kier molecular flexibility index (Phi) is 5.49. The van der Waals surface area contributed by atoms with E-state index in [0.29, 0.717) is 6.61 Å². The molecule has 0 bridgehead atoms. The molecule has 0 saturated carbocycles. The second kappa shape index (κ2) is 5.54. The molecule has 1 atom stereocenters. The molecule has 1 aromatic carbocycles. The van der Waals surface area contributed by atoms with Gasteiger partial charge in [-0.25, -0.2) is 0 Å². The van der Waals surface area contributed by atoms with Gasteiger partial charge in [-0.3, -0.25) is 0 Å². The van der Waals surface area contributed by atoms with Gasteiger partial charge in [0.2, 0.25) is 0 Å².